The minimum Gasteiger partial charge on any atom is -0.497 e. The monoisotopic (exact) mass is 281 g/mol. The van der Waals surface area contributed by atoms with Gasteiger partial charge >= 0.3 is 0 Å². The van der Waals surface area contributed by atoms with Crippen molar-refractivity contribution < 1.29 is 4.74 Å². The van der Waals surface area contributed by atoms with E-state index >= 15 is 0 Å². The molecule has 7 heteroatoms. The van der Waals surface area contributed by atoms with Gasteiger partial charge in [-0.05, 0) is 17.6 Å². The molecule has 0 aliphatic heterocycles. The molecular weight excluding hydrogens is 272 g/mol. The number of aromatic nitrogens is 2. The Bertz CT molecular complexity index is 580. The Kier molecular flexibility index (Phi) is 3.94. The normalized spacial score (nSPS) is 10.2. The van der Waals surface area contributed by atoms with Gasteiger partial charge in [-0.1, -0.05) is 23.2 Å². The Hall–Kier alpha value is -1.46. The van der Waals surface area contributed by atoms with Crippen molar-refractivity contribution in [3.63, 3.8) is 0 Å². The summed E-state index contributed by atoms with van der Waals surface area (Å²) in [5.74, 6) is 1.07. The fourth-order valence-corrected chi connectivity index (χ4v) is 1.72. The largest absolute Gasteiger partial charge is 0.497 e. The fraction of sp³-hybridized carbons (Fsp3) is 0.0909. The van der Waals surface area contributed by atoms with Gasteiger partial charge in [-0.25, -0.2) is 9.97 Å². The molecule has 18 heavy (non-hydrogen) atoms. The molecule has 92 valence electrons. The first-order valence-corrected chi connectivity index (χ1v) is 5.95. The van der Waals surface area contributed by atoms with E-state index in [4.69, 9.17) is 27.9 Å². The number of rotatable bonds is 3. The molecule has 0 saturated heterocycles. The quantitative estimate of drug-likeness (QED) is 0.688. The molecular formula is C11H10BCl2N3O. The second-order valence-electron chi connectivity index (χ2n) is 3.67. The molecule has 0 spiro atoms. The highest BCUT2D eigenvalue weighted by Crippen LogP contribution is 2.25. The van der Waals surface area contributed by atoms with Crippen LogP contribution in [0.4, 0.5) is 11.6 Å². The Morgan fingerprint density at radius 2 is 2.06 bits per heavy atom. The lowest BCUT2D eigenvalue weighted by Gasteiger charge is -2.08. The smallest absolute Gasteiger partial charge is 0.228 e. The third-order valence-corrected chi connectivity index (χ3v) is 2.87. The lowest BCUT2D eigenvalue weighted by molar-refractivity contribution is 0.415. The number of nitrogens with one attached hydrogen (secondary N) is 1. The fourth-order valence-electron chi connectivity index (χ4n) is 1.36. The number of nitrogens with zero attached hydrogens (tertiary/aromatic N) is 2. The highest BCUT2D eigenvalue weighted by atomic mass is 35.5. The van der Waals surface area contributed by atoms with Crippen LogP contribution in [0.3, 0.4) is 0 Å². The van der Waals surface area contributed by atoms with Gasteiger partial charge in [-0.2, -0.15) is 0 Å². The molecule has 0 aliphatic rings. The van der Waals surface area contributed by atoms with Gasteiger partial charge in [0.15, 0.2) is 0 Å². The highest BCUT2D eigenvalue weighted by molar-refractivity contribution is 6.44. The summed E-state index contributed by atoms with van der Waals surface area (Å²) in [5.41, 5.74) is 1.56. The van der Waals surface area contributed by atoms with Crippen LogP contribution in [0.25, 0.3) is 0 Å². The molecule has 0 radical (unpaired) electrons. The number of halogens is 2. The lowest BCUT2D eigenvalue weighted by Crippen LogP contribution is -2.09. The lowest BCUT2D eigenvalue weighted by atomic mass is 10.0. The summed E-state index contributed by atoms with van der Waals surface area (Å²) < 4.78 is 5.12. The van der Waals surface area contributed by atoms with Crippen molar-refractivity contribution in [2.24, 2.45) is 0 Å². The Labute approximate surface area is 116 Å². The van der Waals surface area contributed by atoms with Crippen LogP contribution in [-0.2, 0) is 0 Å². The molecule has 1 heterocycles. The minimum absolute atomic E-state index is 0.412. The standard InChI is InChI=1S/C11H10BCl2N3O/c1-18-8-3-6(13)2-7(4-8)16-11-15-5-9(12)10(14)17-11/h2-5H,12H2,1H3,(H,15,16,17). The van der Waals surface area contributed by atoms with Crippen molar-refractivity contribution in [3.05, 3.63) is 34.6 Å². The summed E-state index contributed by atoms with van der Waals surface area (Å²) >= 11 is 11.9. The molecule has 0 aliphatic carbocycles. The topological polar surface area (TPSA) is 47.0 Å². The van der Waals surface area contributed by atoms with Crippen LogP contribution in [0, 0.1) is 0 Å². The highest BCUT2D eigenvalue weighted by Gasteiger charge is 2.04. The summed E-state index contributed by atoms with van der Waals surface area (Å²) in [5, 5.41) is 4.00. The van der Waals surface area contributed by atoms with E-state index in [1.54, 1.807) is 31.5 Å². The average molecular weight is 282 g/mol. The molecule has 1 N–H and O–H groups in total. The van der Waals surface area contributed by atoms with Crippen LogP contribution >= 0.6 is 23.2 Å². The Balaban J connectivity index is 2.27. The number of hydrogen-bond donors (Lipinski definition) is 1. The van der Waals surface area contributed by atoms with Crippen molar-refractivity contribution in [2.75, 3.05) is 12.4 Å². The molecule has 4 nitrogen and oxygen atoms in total. The molecule has 2 rings (SSSR count). The molecule has 0 amide bonds. The summed E-state index contributed by atoms with van der Waals surface area (Å²) in [4.78, 5) is 8.24. The van der Waals surface area contributed by atoms with Crippen molar-refractivity contribution in [1.29, 1.82) is 0 Å². The first-order valence-electron chi connectivity index (χ1n) is 5.19. The number of benzene rings is 1. The molecule has 0 atom stereocenters. The van der Waals surface area contributed by atoms with Crippen LogP contribution in [0.15, 0.2) is 24.4 Å². The van der Waals surface area contributed by atoms with E-state index in [1.165, 1.54) is 0 Å². The molecule has 0 bridgehead atoms. The molecule has 1 aromatic carbocycles. The third-order valence-electron chi connectivity index (χ3n) is 2.27. The summed E-state index contributed by atoms with van der Waals surface area (Å²) in [6.07, 6.45) is 1.65. The van der Waals surface area contributed by atoms with Crippen LogP contribution in [-0.4, -0.2) is 24.9 Å². The van der Waals surface area contributed by atoms with E-state index in [1.807, 2.05) is 7.85 Å². The zero-order valence-corrected chi connectivity index (χ0v) is 11.4. The predicted octanol–water partition coefficient (Wildman–Crippen LogP) is 1.79. The van der Waals surface area contributed by atoms with E-state index in [0.717, 1.165) is 11.2 Å². The zero-order chi connectivity index (χ0) is 13.1. The van der Waals surface area contributed by atoms with Crippen LogP contribution in [0.2, 0.25) is 10.2 Å². The van der Waals surface area contributed by atoms with Gasteiger partial charge in [0.05, 0.1) is 7.11 Å². The van der Waals surface area contributed by atoms with Crippen LogP contribution < -0.4 is 15.5 Å². The maximum Gasteiger partial charge on any atom is 0.228 e. The van der Waals surface area contributed by atoms with E-state index in [9.17, 15) is 0 Å². The molecule has 0 unspecified atom stereocenters. The summed E-state index contributed by atoms with van der Waals surface area (Å²) in [6, 6.07) is 5.26. The number of methoxy groups -OCH3 is 1. The second-order valence-corrected chi connectivity index (χ2v) is 4.47. The van der Waals surface area contributed by atoms with Crippen molar-refractivity contribution in [3.8, 4) is 5.75 Å². The van der Waals surface area contributed by atoms with E-state index in [0.29, 0.717) is 21.9 Å². The van der Waals surface area contributed by atoms with Gasteiger partial charge in [0.2, 0.25) is 5.95 Å². The second kappa shape index (κ2) is 5.46. The Morgan fingerprint density at radius 1 is 1.28 bits per heavy atom. The summed E-state index contributed by atoms with van der Waals surface area (Å²) in [7, 11) is 3.42. The first-order chi connectivity index (χ1) is 8.58. The van der Waals surface area contributed by atoms with Gasteiger partial charge in [0.1, 0.15) is 18.7 Å². The number of ether oxygens (including phenoxy) is 1. The Morgan fingerprint density at radius 3 is 2.72 bits per heavy atom. The van der Waals surface area contributed by atoms with Gasteiger partial charge in [-0.3, -0.25) is 0 Å². The molecule has 0 saturated carbocycles. The molecule has 0 fully saturated rings. The number of anilines is 2. The van der Waals surface area contributed by atoms with Gasteiger partial charge in [0.25, 0.3) is 0 Å². The zero-order valence-electron chi connectivity index (χ0n) is 9.87. The first kappa shape index (κ1) is 13.0. The SMILES string of the molecule is Bc1cnc(Nc2cc(Cl)cc(OC)c2)nc1Cl. The van der Waals surface area contributed by atoms with E-state index in [2.05, 4.69) is 15.3 Å². The average Bonchev–Trinajstić information content (AvgIpc) is 2.33. The number of hydrogen-bond acceptors (Lipinski definition) is 4. The van der Waals surface area contributed by atoms with Gasteiger partial charge < -0.3 is 10.1 Å². The van der Waals surface area contributed by atoms with Crippen molar-refractivity contribution in [2.45, 2.75) is 0 Å². The van der Waals surface area contributed by atoms with Crippen LogP contribution in [0.1, 0.15) is 0 Å². The van der Waals surface area contributed by atoms with Crippen molar-refractivity contribution >= 4 is 48.1 Å². The predicted molar refractivity (Wildman–Crippen MR) is 76.5 cm³/mol. The minimum atomic E-state index is 0.412. The molecule has 1 aromatic heterocycles. The van der Waals surface area contributed by atoms with Gasteiger partial charge in [0, 0.05) is 23.0 Å². The van der Waals surface area contributed by atoms with E-state index < -0.39 is 0 Å². The van der Waals surface area contributed by atoms with E-state index in [-0.39, 0.29) is 0 Å². The van der Waals surface area contributed by atoms with Crippen molar-refractivity contribution in [1.82, 2.24) is 9.97 Å². The molecule has 2 aromatic rings. The third kappa shape index (κ3) is 3.06. The maximum absolute atomic E-state index is 5.96. The van der Waals surface area contributed by atoms with Crippen LogP contribution in [0.5, 0.6) is 5.75 Å². The maximum atomic E-state index is 5.96. The summed E-state index contributed by atoms with van der Waals surface area (Å²) in [6.45, 7) is 0. The van der Waals surface area contributed by atoms with Gasteiger partial charge in [-0.15, -0.1) is 0 Å².